The minimum atomic E-state index is -0.537. The fourth-order valence-electron chi connectivity index (χ4n) is 4.05. The highest BCUT2D eigenvalue weighted by Crippen LogP contribution is 2.32. The number of hydrogen-bond donors (Lipinski definition) is 0. The van der Waals surface area contributed by atoms with Gasteiger partial charge >= 0.3 is 6.09 Å². The van der Waals surface area contributed by atoms with E-state index in [1.165, 1.54) is 17.8 Å². The molecule has 1 aromatic carbocycles. The number of hydrogen-bond acceptors (Lipinski definition) is 8. The van der Waals surface area contributed by atoms with E-state index < -0.39 is 5.60 Å². The lowest BCUT2D eigenvalue weighted by Crippen LogP contribution is -2.58. The van der Waals surface area contributed by atoms with E-state index in [4.69, 9.17) is 18.7 Å². The average Bonchev–Trinajstić information content (AvgIpc) is 3.19. The van der Waals surface area contributed by atoms with E-state index in [-0.39, 0.29) is 36.5 Å². The molecule has 0 saturated carbocycles. The van der Waals surface area contributed by atoms with Crippen molar-refractivity contribution in [2.45, 2.75) is 44.0 Å². The van der Waals surface area contributed by atoms with Crippen molar-refractivity contribution < 1.29 is 27.9 Å². The molecule has 2 atom stereocenters. The number of piperidine rings is 1. The number of ether oxygens (including phenoxy) is 3. The molecule has 2 aliphatic rings. The molecule has 1 amide bonds. The van der Waals surface area contributed by atoms with Crippen molar-refractivity contribution >= 4 is 17.9 Å². The van der Waals surface area contributed by atoms with Gasteiger partial charge in [0.15, 0.2) is 0 Å². The molecule has 2 bridgehead atoms. The van der Waals surface area contributed by atoms with Gasteiger partial charge in [-0.1, -0.05) is 5.16 Å². The largest absolute Gasteiger partial charge is 0.444 e. The number of amides is 1. The molecule has 4 rings (SSSR count). The maximum Gasteiger partial charge on any atom is 0.410 e. The van der Waals surface area contributed by atoms with Crippen molar-refractivity contribution in [2.24, 2.45) is 11.8 Å². The van der Waals surface area contributed by atoms with Gasteiger partial charge in [-0.25, -0.2) is 9.18 Å². The third-order valence-corrected chi connectivity index (χ3v) is 6.20. The number of carbonyl (C=O) groups is 1. The quantitative estimate of drug-likeness (QED) is 0.613. The van der Waals surface area contributed by atoms with Crippen LogP contribution in [0.15, 0.2) is 27.6 Å². The molecule has 1 aromatic heterocycles. The van der Waals surface area contributed by atoms with Crippen LogP contribution in [-0.2, 0) is 20.8 Å². The maximum absolute atomic E-state index is 14.1. The Hall–Kier alpha value is -2.17. The van der Waals surface area contributed by atoms with Gasteiger partial charge in [0.25, 0.3) is 5.89 Å². The minimum absolute atomic E-state index is 0.0330. The summed E-state index contributed by atoms with van der Waals surface area (Å²) in [6.45, 7) is 7.74. The van der Waals surface area contributed by atoms with E-state index >= 15 is 0 Å². The standard InChI is InChI=1S/C22H28FN3O5S/c1-22(2,3)30-21(27)26-8-14-10-28-11-15(9-26)19(14)29-12-18-24-20(25-31-18)13-5-6-17(32-4)16(23)7-13/h5-7,14-15,19H,8-12H2,1-4H3. The summed E-state index contributed by atoms with van der Waals surface area (Å²) < 4.78 is 36.7. The van der Waals surface area contributed by atoms with Gasteiger partial charge in [0, 0.05) is 35.4 Å². The van der Waals surface area contributed by atoms with Crippen LogP contribution in [-0.4, -0.2) is 65.4 Å². The van der Waals surface area contributed by atoms with Crippen LogP contribution in [0, 0.1) is 17.7 Å². The summed E-state index contributed by atoms with van der Waals surface area (Å²) in [7, 11) is 0. The van der Waals surface area contributed by atoms with Crippen molar-refractivity contribution in [1.29, 1.82) is 0 Å². The van der Waals surface area contributed by atoms with Crippen molar-refractivity contribution in [1.82, 2.24) is 15.0 Å². The summed E-state index contributed by atoms with van der Waals surface area (Å²) in [6, 6.07) is 4.86. The molecule has 8 nitrogen and oxygen atoms in total. The van der Waals surface area contributed by atoms with E-state index in [9.17, 15) is 9.18 Å². The first kappa shape index (κ1) is 23.0. The van der Waals surface area contributed by atoms with Gasteiger partial charge in [0.2, 0.25) is 5.82 Å². The first-order valence-electron chi connectivity index (χ1n) is 10.6. The van der Waals surface area contributed by atoms with Crippen LogP contribution in [0.5, 0.6) is 0 Å². The molecule has 2 saturated heterocycles. The number of likely N-dealkylation sites (tertiary alicyclic amines) is 1. The third kappa shape index (κ3) is 5.24. The number of fused-ring (bicyclic) bond motifs is 2. The normalized spacial score (nSPS) is 23.3. The van der Waals surface area contributed by atoms with Crippen LogP contribution in [0.1, 0.15) is 26.7 Å². The number of halogens is 1. The Kier molecular flexibility index (Phi) is 6.73. The van der Waals surface area contributed by atoms with Crippen molar-refractivity contribution in [3.63, 3.8) is 0 Å². The molecule has 10 heteroatoms. The summed E-state index contributed by atoms with van der Waals surface area (Å²) >= 11 is 1.34. The van der Waals surface area contributed by atoms with Crippen molar-refractivity contribution in [3.8, 4) is 11.4 Å². The fourth-order valence-corrected chi connectivity index (χ4v) is 4.51. The predicted octanol–water partition coefficient (Wildman–Crippen LogP) is 4.00. The lowest BCUT2D eigenvalue weighted by atomic mass is 9.84. The second-order valence-electron chi connectivity index (χ2n) is 9.08. The summed E-state index contributed by atoms with van der Waals surface area (Å²) in [6.07, 6.45) is 1.42. The van der Waals surface area contributed by atoms with Crippen LogP contribution in [0.25, 0.3) is 11.4 Å². The monoisotopic (exact) mass is 465 g/mol. The lowest BCUT2D eigenvalue weighted by Gasteiger charge is -2.46. The number of carbonyl (C=O) groups excluding carboxylic acids is 1. The van der Waals surface area contributed by atoms with Gasteiger partial charge < -0.3 is 23.6 Å². The minimum Gasteiger partial charge on any atom is -0.444 e. The number of thioether (sulfide) groups is 1. The molecule has 0 aliphatic carbocycles. The topological polar surface area (TPSA) is 86.9 Å². The zero-order valence-electron chi connectivity index (χ0n) is 18.7. The Morgan fingerprint density at radius 3 is 2.62 bits per heavy atom. The highest BCUT2D eigenvalue weighted by atomic mass is 32.2. The zero-order chi connectivity index (χ0) is 22.9. The maximum atomic E-state index is 14.1. The zero-order valence-corrected chi connectivity index (χ0v) is 19.5. The molecule has 0 radical (unpaired) electrons. The molecule has 2 unspecified atom stereocenters. The van der Waals surface area contributed by atoms with Gasteiger partial charge in [-0.15, -0.1) is 11.8 Å². The Bertz CT molecular complexity index is 949. The lowest BCUT2D eigenvalue weighted by molar-refractivity contribution is -0.154. The second-order valence-corrected chi connectivity index (χ2v) is 9.93. The van der Waals surface area contributed by atoms with Crippen LogP contribution in [0.3, 0.4) is 0 Å². The van der Waals surface area contributed by atoms with E-state index in [1.54, 1.807) is 17.0 Å². The molecule has 0 spiro atoms. The van der Waals surface area contributed by atoms with Gasteiger partial charge in [-0.3, -0.25) is 0 Å². The third-order valence-electron chi connectivity index (χ3n) is 5.43. The smallest absolute Gasteiger partial charge is 0.410 e. The first-order valence-corrected chi connectivity index (χ1v) is 11.8. The number of rotatable bonds is 5. The molecule has 3 heterocycles. The molecule has 2 fully saturated rings. The van der Waals surface area contributed by atoms with Gasteiger partial charge in [0.05, 0.1) is 19.3 Å². The highest BCUT2D eigenvalue weighted by molar-refractivity contribution is 7.98. The summed E-state index contributed by atoms with van der Waals surface area (Å²) in [5.74, 6) is 0.389. The molecule has 2 aromatic rings. The average molecular weight is 466 g/mol. The van der Waals surface area contributed by atoms with Gasteiger partial charge in [-0.2, -0.15) is 4.98 Å². The highest BCUT2D eigenvalue weighted by Gasteiger charge is 2.43. The molecule has 2 aliphatic heterocycles. The molecular weight excluding hydrogens is 437 g/mol. The Balaban J connectivity index is 1.37. The Morgan fingerprint density at radius 1 is 1.28 bits per heavy atom. The van der Waals surface area contributed by atoms with Crippen LogP contribution >= 0.6 is 11.8 Å². The van der Waals surface area contributed by atoms with E-state index in [1.807, 2.05) is 27.0 Å². The molecule has 0 N–H and O–H groups in total. The van der Waals surface area contributed by atoms with Gasteiger partial charge in [0.1, 0.15) is 18.0 Å². The second kappa shape index (κ2) is 9.36. The Morgan fingerprint density at radius 2 is 2.00 bits per heavy atom. The number of aromatic nitrogens is 2. The van der Waals surface area contributed by atoms with Crippen molar-refractivity contribution in [3.05, 3.63) is 29.9 Å². The molecule has 174 valence electrons. The fraction of sp³-hybridized carbons (Fsp3) is 0.591. The van der Waals surface area contributed by atoms with E-state index in [0.717, 1.165) is 0 Å². The SMILES string of the molecule is CSc1ccc(-c2noc(COC3C4COCC3CN(C(=O)OC(C)(C)C)C4)n2)cc1F. The summed E-state index contributed by atoms with van der Waals surface area (Å²) in [5, 5.41) is 3.95. The van der Waals surface area contributed by atoms with Crippen molar-refractivity contribution in [2.75, 3.05) is 32.6 Å². The van der Waals surface area contributed by atoms with Crippen LogP contribution in [0.4, 0.5) is 9.18 Å². The van der Waals surface area contributed by atoms with E-state index in [0.29, 0.717) is 48.5 Å². The molecular formula is C22H28FN3O5S. The number of benzene rings is 1. The summed E-state index contributed by atoms with van der Waals surface area (Å²) in [4.78, 5) is 19.1. The molecule has 32 heavy (non-hydrogen) atoms. The van der Waals surface area contributed by atoms with Crippen LogP contribution in [0.2, 0.25) is 0 Å². The Labute approximate surface area is 190 Å². The van der Waals surface area contributed by atoms with Gasteiger partial charge in [-0.05, 0) is 45.2 Å². The van der Waals surface area contributed by atoms with E-state index in [2.05, 4.69) is 10.1 Å². The number of nitrogens with zero attached hydrogens (tertiary/aromatic N) is 3. The predicted molar refractivity (Wildman–Crippen MR) is 116 cm³/mol. The first-order chi connectivity index (χ1) is 15.2. The summed E-state index contributed by atoms with van der Waals surface area (Å²) in [5.41, 5.74) is 0.0101. The van der Waals surface area contributed by atoms with Crippen LogP contribution < -0.4 is 0 Å².